The molecule has 11 rings (SSSR count). The van der Waals surface area contributed by atoms with Crippen molar-refractivity contribution >= 4 is 21.8 Å². The van der Waals surface area contributed by atoms with Crippen molar-refractivity contribution in [2.75, 3.05) is 0 Å². The third kappa shape index (κ3) is 7.91. The average molecular weight is 929 g/mol. The normalized spacial score (nSPS) is 10.7. The van der Waals surface area contributed by atoms with E-state index in [1.807, 2.05) is 146 Å². The second-order valence-corrected chi connectivity index (χ2v) is 17.0. The SMILES string of the molecule is N#Cc1ccc(-c2ccc3c(c2)c2cc(-c4ccc(C#N)cc4C#N)ccc2n3-c2c(-c3ccccc3C#N)cc(-c3nc(-c4ccccc4)nc(-c4ccccc4)n3)cc2-c2ccccc2C#N)c(C#N)c1. The minimum atomic E-state index is 0.338. The van der Waals surface area contributed by atoms with Crippen LogP contribution in [0.25, 0.3) is 106 Å². The Bertz CT molecular complexity index is 4070. The van der Waals surface area contributed by atoms with Crippen molar-refractivity contribution in [3.8, 4) is 121 Å². The van der Waals surface area contributed by atoms with Crippen molar-refractivity contribution < 1.29 is 0 Å². The molecule has 2 heterocycles. The number of rotatable bonds is 8. The Morgan fingerprint density at radius 1 is 0.288 bits per heavy atom. The molecule has 0 atom stereocenters. The molecule has 0 fully saturated rings. The van der Waals surface area contributed by atoms with E-state index in [4.69, 9.17) is 15.0 Å². The summed E-state index contributed by atoms with van der Waals surface area (Å²) in [4.78, 5) is 15.2. The van der Waals surface area contributed by atoms with Crippen molar-refractivity contribution in [3.63, 3.8) is 0 Å². The first-order valence-electron chi connectivity index (χ1n) is 22.9. The highest BCUT2D eigenvalue weighted by atomic mass is 15.0. The van der Waals surface area contributed by atoms with E-state index in [0.717, 1.165) is 44.1 Å². The number of hydrogen-bond donors (Lipinski definition) is 0. The van der Waals surface area contributed by atoms with Crippen LogP contribution in [0.2, 0.25) is 0 Å². The zero-order valence-electron chi connectivity index (χ0n) is 38.4. The molecule has 0 unspecified atom stereocenters. The first-order valence-corrected chi connectivity index (χ1v) is 22.9. The van der Waals surface area contributed by atoms with Gasteiger partial charge in [0.2, 0.25) is 0 Å². The van der Waals surface area contributed by atoms with E-state index < -0.39 is 0 Å². The number of nitrogens with zero attached hydrogens (tertiary/aromatic N) is 10. The maximum atomic E-state index is 10.8. The fourth-order valence-electron chi connectivity index (χ4n) is 9.50. The molecule has 0 N–H and O–H groups in total. The second-order valence-electron chi connectivity index (χ2n) is 17.0. The van der Waals surface area contributed by atoms with Gasteiger partial charge in [0.25, 0.3) is 0 Å². The fraction of sp³-hybridized carbons (Fsp3) is 0. The Morgan fingerprint density at radius 2 is 0.685 bits per heavy atom. The fourth-order valence-corrected chi connectivity index (χ4v) is 9.50. The minimum absolute atomic E-state index is 0.338. The first kappa shape index (κ1) is 44.2. The number of aromatic nitrogens is 4. The second kappa shape index (κ2) is 18.7. The molecule has 10 nitrogen and oxygen atoms in total. The van der Waals surface area contributed by atoms with Crippen molar-refractivity contribution in [1.82, 2.24) is 19.5 Å². The zero-order chi connectivity index (χ0) is 50.0. The van der Waals surface area contributed by atoms with Gasteiger partial charge >= 0.3 is 0 Å². The summed E-state index contributed by atoms with van der Waals surface area (Å²) in [6, 6.07) is 73.9. The lowest BCUT2D eigenvalue weighted by Crippen LogP contribution is -2.05. The molecule has 73 heavy (non-hydrogen) atoms. The van der Waals surface area contributed by atoms with Crippen molar-refractivity contribution in [1.29, 1.82) is 31.6 Å². The van der Waals surface area contributed by atoms with Gasteiger partial charge in [-0.3, -0.25) is 0 Å². The third-order valence-electron chi connectivity index (χ3n) is 12.9. The van der Waals surface area contributed by atoms with Gasteiger partial charge < -0.3 is 4.57 Å². The molecule has 0 aliphatic carbocycles. The Balaban J connectivity index is 1.29. The average Bonchev–Trinajstić information content (AvgIpc) is 3.79. The molecule has 0 radical (unpaired) electrons. The predicted molar refractivity (Wildman–Crippen MR) is 281 cm³/mol. The highest BCUT2D eigenvalue weighted by Crippen LogP contribution is 2.46. The smallest absolute Gasteiger partial charge is 0.164 e. The van der Waals surface area contributed by atoms with Gasteiger partial charge in [-0.25, -0.2) is 15.0 Å². The Morgan fingerprint density at radius 3 is 1.10 bits per heavy atom. The lowest BCUT2D eigenvalue weighted by atomic mass is 9.89. The summed E-state index contributed by atoms with van der Waals surface area (Å²) >= 11 is 0. The number of nitriles is 6. The summed E-state index contributed by atoms with van der Waals surface area (Å²) in [7, 11) is 0. The van der Waals surface area contributed by atoms with Crippen LogP contribution in [0.3, 0.4) is 0 Å². The summed E-state index contributed by atoms with van der Waals surface area (Å²) < 4.78 is 2.14. The van der Waals surface area contributed by atoms with Crippen LogP contribution >= 0.6 is 0 Å². The Hall–Kier alpha value is -11.3. The van der Waals surface area contributed by atoms with Gasteiger partial charge in [-0.15, -0.1) is 0 Å². The molecule has 0 aliphatic heterocycles. The molecular weight excluding hydrogens is 897 g/mol. The van der Waals surface area contributed by atoms with Gasteiger partial charge in [-0.2, -0.15) is 31.6 Å². The molecule has 0 bridgehead atoms. The van der Waals surface area contributed by atoms with Crippen LogP contribution in [0, 0.1) is 68.0 Å². The monoisotopic (exact) mass is 928 g/mol. The van der Waals surface area contributed by atoms with Gasteiger partial charge in [0.05, 0.1) is 86.5 Å². The van der Waals surface area contributed by atoms with Crippen LogP contribution in [0.5, 0.6) is 0 Å². The molecule has 10 heteroatoms. The predicted octanol–water partition coefficient (Wildman–Crippen LogP) is 13.9. The molecule has 0 saturated heterocycles. The molecule has 0 saturated carbocycles. The molecular formula is C63H32N10. The van der Waals surface area contributed by atoms with Gasteiger partial charge in [-0.05, 0) is 95.1 Å². The number of hydrogen-bond acceptors (Lipinski definition) is 9. The Labute approximate surface area is 419 Å². The first-order chi connectivity index (χ1) is 35.9. The van der Waals surface area contributed by atoms with E-state index in [1.54, 1.807) is 48.5 Å². The Kier molecular flexibility index (Phi) is 11.3. The van der Waals surface area contributed by atoms with Crippen LogP contribution in [0.15, 0.2) is 194 Å². The van der Waals surface area contributed by atoms with Crippen LogP contribution < -0.4 is 0 Å². The topological polar surface area (TPSA) is 186 Å². The molecule has 2 aromatic heterocycles. The van der Waals surface area contributed by atoms with Crippen molar-refractivity contribution in [2.45, 2.75) is 0 Å². The molecule has 0 spiro atoms. The quantitative estimate of drug-likeness (QED) is 0.143. The molecule has 334 valence electrons. The number of benzene rings is 9. The van der Waals surface area contributed by atoms with Crippen LogP contribution in [-0.2, 0) is 0 Å². The third-order valence-corrected chi connectivity index (χ3v) is 12.9. The summed E-state index contributed by atoms with van der Waals surface area (Å²) in [5.74, 6) is 1.29. The molecule has 0 amide bonds. The van der Waals surface area contributed by atoms with Gasteiger partial charge in [-0.1, -0.05) is 121 Å². The summed E-state index contributed by atoms with van der Waals surface area (Å²) in [6.45, 7) is 0. The molecule has 9 aromatic carbocycles. The van der Waals surface area contributed by atoms with Crippen molar-refractivity contribution in [3.05, 3.63) is 228 Å². The largest absolute Gasteiger partial charge is 0.308 e. The maximum absolute atomic E-state index is 10.8. The lowest BCUT2D eigenvalue weighted by Gasteiger charge is -2.22. The molecule has 11 aromatic rings. The highest BCUT2D eigenvalue weighted by molar-refractivity contribution is 6.13. The minimum Gasteiger partial charge on any atom is -0.308 e. The van der Waals surface area contributed by atoms with Gasteiger partial charge in [0.15, 0.2) is 17.5 Å². The molecule has 0 aliphatic rings. The maximum Gasteiger partial charge on any atom is 0.164 e. The van der Waals surface area contributed by atoms with Crippen LogP contribution in [0.4, 0.5) is 0 Å². The zero-order valence-corrected chi connectivity index (χ0v) is 38.4. The van der Waals surface area contributed by atoms with E-state index >= 15 is 0 Å². The van der Waals surface area contributed by atoms with E-state index in [2.05, 4.69) is 41.0 Å². The van der Waals surface area contributed by atoms with Gasteiger partial charge in [0.1, 0.15) is 0 Å². The summed E-state index contributed by atoms with van der Waals surface area (Å²) in [6.07, 6.45) is 0. The lowest BCUT2D eigenvalue weighted by molar-refractivity contribution is 1.07. The standard InChI is InChI=1S/C63H32N10/c64-33-39-19-23-50(48(27-39)37-68)43-21-25-58-54(29-43)55-30-44(51-24-20-40(34-65)28-49(51)38-69)22-26-59(55)73(58)60-56(52-17-9-7-15-45(52)35-66)31-47(32-57(60)53-18-10-8-16-46(53)36-67)63-71-61(41-11-3-1-4-12-41)70-62(72-63)42-13-5-2-6-14-42/h1-32H. The van der Waals surface area contributed by atoms with E-state index in [0.29, 0.717) is 95.5 Å². The van der Waals surface area contributed by atoms with Gasteiger partial charge in [0, 0.05) is 49.7 Å². The van der Waals surface area contributed by atoms with Crippen LogP contribution in [-0.4, -0.2) is 19.5 Å². The summed E-state index contributed by atoms with van der Waals surface area (Å²) in [5, 5.41) is 63.3. The van der Waals surface area contributed by atoms with E-state index in [9.17, 15) is 31.6 Å². The summed E-state index contributed by atoms with van der Waals surface area (Å²) in [5.41, 5.74) is 11.8. The van der Waals surface area contributed by atoms with Crippen molar-refractivity contribution in [2.24, 2.45) is 0 Å². The van der Waals surface area contributed by atoms with E-state index in [1.165, 1.54) is 0 Å². The van der Waals surface area contributed by atoms with E-state index in [-0.39, 0.29) is 0 Å². The number of fused-ring (bicyclic) bond motifs is 3. The van der Waals surface area contributed by atoms with Crippen LogP contribution in [0.1, 0.15) is 33.4 Å². The highest BCUT2D eigenvalue weighted by Gasteiger charge is 2.26.